The van der Waals surface area contributed by atoms with Crippen molar-refractivity contribution in [3.8, 4) is 11.5 Å². The van der Waals surface area contributed by atoms with Gasteiger partial charge in [0.05, 0.1) is 16.3 Å². The number of nitrogens with zero attached hydrogens (tertiary/aromatic N) is 1. The number of carbonyl (C=O) groups excluding carboxylic acids is 1. The highest BCUT2D eigenvalue weighted by Crippen LogP contribution is 2.35. The maximum Gasteiger partial charge on any atom is 0.368 e. The fourth-order valence-electron chi connectivity index (χ4n) is 3.08. The molecule has 31 heavy (non-hydrogen) atoms. The van der Waals surface area contributed by atoms with Gasteiger partial charge in [-0.25, -0.2) is 4.79 Å². The summed E-state index contributed by atoms with van der Waals surface area (Å²) in [5, 5.41) is 4.63. The van der Waals surface area contributed by atoms with E-state index in [1.165, 1.54) is 0 Å². The van der Waals surface area contributed by atoms with Crippen molar-refractivity contribution in [3.63, 3.8) is 0 Å². The number of carbonyl (C=O) groups is 1. The fourth-order valence-corrected chi connectivity index (χ4v) is 3.99. The first-order chi connectivity index (χ1) is 15.0. The van der Waals surface area contributed by atoms with E-state index in [-0.39, 0.29) is 0 Å². The minimum absolute atomic E-state index is 0.376. The molecule has 1 aliphatic rings. The third kappa shape index (κ3) is 4.91. The predicted octanol–water partition coefficient (Wildman–Crippen LogP) is 5.88. The second kappa shape index (κ2) is 9.53. The smallest absolute Gasteiger partial charge is 0.368 e. The number of ether oxygens (including phenoxy) is 2. The Morgan fingerprint density at radius 1 is 1.10 bits per heavy atom. The van der Waals surface area contributed by atoms with Crippen molar-refractivity contribution in [1.29, 1.82) is 0 Å². The van der Waals surface area contributed by atoms with E-state index in [1.54, 1.807) is 13.2 Å². The molecule has 1 heterocycles. The molecule has 5 nitrogen and oxygen atoms in total. The molecule has 0 N–H and O–H groups in total. The van der Waals surface area contributed by atoms with Crippen LogP contribution in [-0.4, -0.2) is 18.8 Å². The van der Waals surface area contributed by atoms with Gasteiger partial charge in [-0.15, -0.1) is 0 Å². The van der Waals surface area contributed by atoms with Crippen molar-refractivity contribution < 1.29 is 19.1 Å². The lowest BCUT2D eigenvalue weighted by Crippen LogP contribution is -2.07. The van der Waals surface area contributed by atoms with Crippen LogP contribution in [0.1, 0.15) is 16.7 Å². The molecule has 3 aromatic carbocycles. The van der Waals surface area contributed by atoms with Crippen LogP contribution in [-0.2, 0) is 16.2 Å². The van der Waals surface area contributed by atoms with Gasteiger partial charge in [-0.3, -0.25) is 0 Å². The largest absolute Gasteiger partial charge is 0.493 e. The normalized spacial score (nSPS) is 14.4. The molecule has 0 unspecified atom stereocenters. The molecule has 0 radical (unpaired) electrons. The third-order valence-corrected chi connectivity index (χ3v) is 5.65. The average Bonchev–Trinajstić information content (AvgIpc) is 3.14. The van der Waals surface area contributed by atoms with Gasteiger partial charge in [-0.05, 0) is 64.1 Å². The van der Waals surface area contributed by atoms with Crippen LogP contribution in [0.3, 0.4) is 0 Å². The molecule has 0 aliphatic carbocycles. The zero-order chi connectivity index (χ0) is 21.8. The summed E-state index contributed by atoms with van der Waals surface area (Å²) in [6.45, 7) is 0.376. The van der Waals surface area contributed by atoms with Crippen molar-refractivity contribution in [1.82, 2.24) is 0 Å². The van der Waals surface area contributed by atoms with Crippen LogP contribution in [0.25, 0.3) is 6.08 Å². The molecule has 0 spiro atoms. The van der Waals surface area contributed by atoms with Crippen molar-refractivity contribution in [3.05, 3.63) is 97.6 Å². The second-order valence-corrected chi connectivity index (χ2v) is 8.29. The summed E-state index contributed by atoms with van der Waals surface area (Å²) in [5.74, 6) is 0.708. The van der Waals surface area contributed by atoms with Gasteiger partial charge in [0.1, 0.15) is 12.3 Å². The summed E-state index contributed by atoms with van der Waals surface area (Å²) in [6, 6.07) is 20.7. The maximum atomic E-state index is 12.3. The Hall–Kier alpha value is -2.84. The Bertz CT molecular complexity index is 1170. The van der Waals surface area contributed by atoms with Crippen LogP contribution in [0.5, 0.6) is 11.5 Å². The van der Waals surface area contributed by atoms with E-state index >= 15 is 0 Å². The van der Waals surface area contributed by atoms with Gasteiger partial charge in [0.2, 0.25) is 0 Å². The van der Waals surface area contributed by atoms with Gasteiger partial charge >= 0.3 is 5.97 Å². The third-order valence-electron chi connectivity index (χ3n) is 4.60. The van der Waals surface area contributed by atoms with Gasteiger partial charge in [0, 0.05) is 10.6 Å². The molecular weight excluding hydrogens is 529 g/mol. The number of hydrogen-bond donors (Lipinski definition) is 0. The van der Waals surface area contributed by atoms with Crippen LogP contribution in [0, 0.1) is 3.57 Å². The SMILES string of the molecule is COc1cc(/C=C2\C(=O)ON=C2c2ccccc2)cc(I)c1OCc1ccc(Cl)cc1. The summed E-state index contributed by atoms with van der Waals surface area (Å²) < 4.78 is 12.4. The molecule has 0 saturated heterocycles. The van der Waals surface area contributed by atoms with Gasteiger partial charge in [0.25, 0.3) is 0 Å². The summed E-state index contributed by atoms with van der Waals surface area (Å²) in [6.07, 6.45) is 1.74. The van der Waals surface area contributed by atoms with E-state index < -0.39 is 5.97 Å². The van der Waals surface area contributed by atoms with E-state index in [2.05, 4.69) is 27.7 Å². The van der Waals surface area contributed by atoms with E-state index in [4.69, 9.17) is 25.9 Å². The van der Waals surface area contributed by atoms with Gasteiger partial charge < -0.3 is 14.3 Å². The van der Waals surface area contributed by atoms with E-state index in [0.717, 1.165) is 20.3 Å². The van der Waals surface area contributed by atoms with Crippen molar-refractivity contribution >= 4 is 51.9 Å². The molecule has 0 aromatic heterocycles. The van der Waals surface area contributed by atoms with Gasteiger partial charge in [-0.2, -0.15) is 0 Å². The van der Waals surface area contributed by atoms with Crippen LogP contribution in [0.15, 0.2) is 77.5 Å². The van der Waals surface area contributed by atoms with Gasteiger partial charge in [-0.1, -0.05) is 59.2 Å². The standard InChI is InChI=1S/C24H17ClINO4/c1-29-21-13-16(11-19-22(27-31-24(19)28)17-5-3-2-4-6-17)12-20(26)23(21)30-14-15-7-9-18(25)10-8-15/h2-13H,14H2,1H3/b19-11-. The van der Waals surface area contributed by atoms with Crippen LogP contribution < -0.4 is 9.47 Å². The molecule has 0 fully saturated rings. The van der Waals surface area contributed by atoms with Crippen molar-refractivity contribution in [2.75, 3.05) is 7.11 Å². The lowest BCUT2D eigenvalue weighted by molar-refractivity contribution is -0.136. The van der Waals surface area contributed by atoms with E-state index in [0.29, 0.717) is 34.4 Å². The summed E-state index contributed by atoms with van der Waals surface area (Å²) >= 11 is 8.13. The molecule has 0 saturated carbocycles. The number of methoxy groups -OCH3 is 1. The highest BCUT2D eigenvalue weighted by atomic mass is 127. The second-order valence-electron chi connectivity index (χ2n) is 6.69. The molecule has 0 bridgehead atoms. The molecule has 156 valence electrons. The van der Waals surface area contributed by atoms with E-state index in [9.17, 15) is 4.79 Å². The molecule has 0 atom stereocenters. The number of hydrogen-bond acceptors (Lipinski definition) is 5. The zero-order valence-electron chi connectivity index (χ0n) is 16.5. The minimum atomic E-state index is -0.490. The maximum absolute atomic E-state index is 12.3. The Balaban J connectivity index is 1.62. The highest BCUT2D eigenvalue weighted by Gasteiger charge is 2.27. The Morgan fingerprint density at radius 2 is 1.84 bits per heavy atom. The summed E-state index contributed by atoms with van der Waals surface area (Å²) in [5.41, 5.74) is 3.47. The fraction of sp³-hybridized carbons (Fsp3) is 0.0833. The minimum Gasteiger partial charge on any atom is -0.493 e. The Kier molecular flexibility index (Phi) is 6.58. The first-order valence-corrected chi connectivity index (χ1v) is 10.8. The van der Waals surface area contributed by atoms with Crippen LogP contribution in [0.2, 0.25) is 5.02 Å². The molecule has 7 heteroatoms. The number of benzene rings is 3. The lowest BCUT2D eigenvalue weighted by atomic mass is 10.0. The number of rotatable bonds is 6. The monoisotopic (exact) mass is 545 g/mol. The van der Waals surface area contributed by atoms with Crippen molar-refractivity contribution in [2.24, 2.45) is 5.16 Å². The van der Waals surface area contributed by atoms with Crippen LogP contribution in [0.4, 0.5) is 0 Å². The summed E-state index contributed by atoms with van der Waals surface area (Å²) in [7, 11) is 1.58. The zero-order valence-corrected chi connectivity index (χ0v) is 19.4. The van der Waals surface area contributed by atoms with Gasteiger partial charge in [0.15, 0.2) is 11.5 Å². The Labute approximate surface area is 198 Å². The topological polar surface area (TPSA) is 57.1 Å². The molecule has 3 aromatic rings. The lowest BCUT2D eigenvalue weighted by Gasteiger charge is -2.14. The van der Waals surface area contributed by atoms with Crippen LogP contribution >= 0.6 is 34.2 Å². The summed E-state index contributed by atoms with van der Waals surface area (Å²) in [4.78, 5) is 17.2. The Morgan fingerprint density at radius 3 is 2.55 bits per heavy atom. The molecule has 4 rings (SSSR count). The molecule has 1 aliphatic heterocycles. The average molecular weight is 546 g/mol. The quantitative estimate of drug-likeness (QED) is 0.221. The van der Waals surface area contributed by atoms with Crippen molar-refractivity contribution in [2.45, 2.75) is 6.61 Å². The first kappa shape index (κ1) is 21.4. The van der Waals surface area contributed by atoms with E-state index in [1.807, 2.05) is 66.7 Å². The first-order valence-electron chi connectivity index (χ1n) is 9.37. The highest BCUT2D eigenvalue weighted by molar-refractivity contribution is 14.1. The number of halogens is 2. The number of oxime groups is 1. The predicted molar refractivity (Wildman–Crippen MR) is 129 cm³/mol. The molecule has 0 amide bonds. The molecular formula is C24H17ClINO4.